The molecule has 0 atom stereocenters. The highest BCUT2D eigenvalue weighted by molar-refractivity contribution is 6.04. The Morgan fingerprint density at radius 1 is 1.21 bits per heavy atom. The van der Waals surface area contributed by atoms with Crippen molar-refractivity contribution in [1.29, 1.82) is 5.26 Å². The first-order chi connectivity index (χ1) is 16.5. The maximum absolute atomic E-state index is 12.7. The van der Waals surface area contributed by atoms with Crippen LogP contribution >= 0.6 is 0 Å². The number of terminal acetylenes is 1. The van der Waals surface area contributed by atoms with E-state index in [4.69, 9.17) is 13.7 Å². The van der Waals surface area contributed by atoms with E-state index < -0.39 is 5.76 Å². The average Bonchev–Trinajstić information content (AvgIpc) is 3.37. The summed E-state index contributed by atoms with van der Waals surface area (Å²) in [6.07, 6.45) is 9.55. The van der Waals surface area contributed by atoms with Crippen molar-refractivity contribution in [1.82, 2.24) is 14.7 Å². The number of ether oxygens (including phenoxy) is 1. The zero-order valence-electron chi connectivity index (χ0n) is 18.8. The first-order valence-electron chi connectivity index (χ1n) is 10.3. The second kappa shape index (κ2) is 8.97. The number of aromatic nitrogens is 3. The van der Waals surface area contributed by atoms with Crippen LogP contribution in [0.25, 0.3) is 33.1 Å². The van der Waals surface area contributed by atoms with E-state index in [0.29, 0.717) is 33.7 Å². The zero-order valence-corrected chi connectivity index (χ0v) is 18.8. The number of oxazole rings is 1. The molecule has 0 saturated carbocycles. The van der Waals surface area contributed by atoms with Crippen molar-refractivity contribution in [2.45, 2.75) is 20.4 Å². The Hall–Kier alpha value is -4.82. The van der Waals surface area contributed by atoms with Crippen LogP contribution in [0, 0.1) is 38.0 Å². The number of hydrogen-bond donors (Lipinski definition) is 0. The quantitative estimate of drug-likeness (QED) is 0.367. The van der Waals surface area contributed by atoms with Gasteiger partial charge in [-0.15, -0.1) is 12.8 Å². The summed E-state index contributed by atoms with van der Waals surface area (Å²) >= 11 is 0. The van der Waals surface area contributed by atoms with E-state index in [0.717, 1.165) is 27.8 Å². The number of aryl methyl sites for hydroxylation is 2. The second-order valence-electron chi connectivity index (χ2n) is 7.51. The second-order valence-corrected chi connectivity index (χ2v) is 7.51. The molecule has 34 heavy (non-hydrogen) atoms. The Morgan fingerprint density at radius 2 is 2.00 bits per heavy atom. The van der Waals surface area contributed by atoms with Crippen LogP contribution in [0.2, 0.25) is 0 Å². The topological polar surface area (TPSA) is 107 Å². The van der Waals surface area contributed by atoms with Gasteiger partial charge in [0.25, 0.3) is 0 Å². The van der Waals surface area contributed by atoms with Gasteiger partial charge >= 0.3 is 5.76 Å². The first-order valence-corrected chi connectivity index (χ1v) is 10.3. The SMILES string of the molecule is C#C.COc1cc2c(cc1-c1c(C)noc1C)ncc1oc(=O)n(Cc3cccc(C#N)c3)c12. The van der Waals surface area contributed by atoms with Gasteiger partial charge in [-0.2, -0.15) is 5.26 Å². The van der Waals surface area contributed by atoms with Crippen LogP contribution in [0.5, 0.6) is 5.75 Å². The lowest BCUT2D eigenvalue weighted by molar-refractivity contribution is 0.393. The lowest BCUT2D eigenvalue weighted by Gasteiger charge is -2.11. The van der Waals surface area contributed by atoms with Crippen molar-refractivity contribution in [2.75, 3.05) is 7.11 Å². The third-order valence-corrected chi connectivity index (χ3v) is 5.51. The van der Waals surface area contributed by atoms with Crippen LogP contribution in [-0.2, 0) is 6.54 Å². The van der Waals surface area contributed by atoms with Gasteiger partial charge in [0.05, 0.1) is 48.3 Å². The number of methoxy groups -OCH3 is 1. The lowest BCUT2D eigenvalue weighted by Crippen LogP contribution is -2.15. The van der Waals surface area contributed by atoms with Gasteiger partial charge in [-0.25, -0.2) is 4.79 Å². The van der Waals surface area contributed by atoms with Gasteiger partial charge in [-0.05, 0) is 43.7 Å². The van der Waals surface area contributed by atoms with Crippen LogP contribution < -0.4 is 10.5 Å². The molecule has 8 nitrogen and oxygen atoms in total. The van der Waals surface area contributed by atoms with Gasteiger partial charge in [0.15, 0.2) is 5.58 Å². The van der Waals surface area contributed by atoms with Crippen LogP contribution in [0.3, 0.4) is 0 Å². The van der Waals surface area contributed by atoms with Gasteiger partial charge in [-0.1, -0.05) is 17.3 Å². The maximum atomic E-state index is 12.7. The Bertz CT molecular complexity index is 1630. The predicted octanol–water partition coefficient (Wildman–Crippen LogP) is 4.59. The van der Waals surface area contributed by atoms with E-state index in [9.17, 15) is 10.1 Å². The lowest BCUT2D eigenvalue weighted by atomic mass is 10.0. The van der Waals surface area contributed by atoms with E-state index in [2.05, 4.69) is 29.1 Å². The number of hydrogen-bond acceptors (Lipinski definition) is 7. The summed E-state index contributed by atoms with van der Waals surface area (Å²) < 4.78 is 18.0. The normalized spacial score (nSPS) is 10.6. The Labute approximate surface area is 195 Å². The maximum Gasteiger partial charge on any atom is 0.420 e. The number of nitrogens with zero attached hydrogens (tertiary/aromatic N) is 4. The van der Waals surface area contributed by atoms with Crippen LogP contribution in [0.4, 0.5) is 0 Å². The molecule has 0 aliphatic heterocycles. The van der Waals surface area contributed by atoms with E-state index in [1.165, 1.54) is 0 Å². The van der Waals surface area contributed by atoms with Gasteiger partial charge in [0.2, 0.25) is 0 Å². The molecule has 0 N–H and O–H groups in total. The molecule has 3 aromatic heterocycles. The molecule has 0 bridgehead atoms. The summed E-state index contributed by atoms with van der Waals surface area (Å²) in [5.41, 5.74) is 5.43. The van der Waals surface area contributed by atoms with Crippen molar-refractivity contribution in [3.05, 3.63) is 75.7 Å². The number of nitriles is 1. The van der Waals surface area contributed by atoms with Crippen LogP contribution in [0.15, 0.2) is 56.3 Å². The van der Waals surface area contributed by atoms with Crippen LogP contribution in [-0.4, -0.2) is 21.8 Å². The van der Waals surface area contributed by atoms with Crippen molar-refractivity contribution in [3.8, 4) is 35.8 Å². The molecule has 168 valence electrons. The number of fused-ring (bicyclic) bond motifs is 3. The molecular weight excluding hydrogens is 432 g/mol. The molecular formula is C26H20N4O4. The molecule has 0 radical (unpaired) electrons. The van der Waals surface area contributed by atoms with Crippen LogP contribution in [0.1, 0.15) is 22.6 Å². The fourth-order valence-electron chi connectivity index (χ4n) is 4.08. The molecule has 0 aliphatic carbocycles. The molecule has 0 saturated heterocycles. The summed E-state index contributed by atoms with van der Waals surface area (Å²) in [7, 11) is 1.59. The van der Waals surface area contributed by atoms with E-state index in [1.807, 2.05) is 32.0 Å². The highest BCUT2D eigenvalue weighted by atomic mass is 16.5. The standard InChI is InChI=1S/C24H18N4O4.C2H2/c1-13-22(14(2)32-27-13)18-8-19-17(9-20(18)30-3)23-21(11-26-19)31-24(29)28(23)12-16-6-4-5-15(7-16)10-25;1-2/h4-9,11H,12H2,1-3H3;1-2H. The molecule has 0 fully saturated rings. The Balaban J connectivity index is 0.00000133. The number of rotatable bonds is 4. The van der Waals surface area contributed by atoms with Gasteiger partial charge in [-0.3, -0.25) is 9.55 Å². The van der Waals surface area contributed by atoms with Crippen molar-refractivity contribution in [2.24, 2.45) is 0 Å². The van der Waals surface area contributed by atoms with Crippen molar-refractivity contribution >= 4 is 22.0 Å². The fourth-order valence-corrected chi connectivity index (χ4v) is 4.08. The molecule has 0 unspecified atom stereocenters. The molecule has 3 heterocycles. The van der Waals surface area contributed by atoms with E-state index in [1.54, 1.807) is 36.1 Å². The molecule has 5 rings (SSSR count). The minimum Gasteiger partial charge on any atom is -0.496 e. The summed E-state index contributed by atoms with van der Waals surface area (Å²) in [4.78, 5) is 17.2. The molecule has 0 spiro atoms. The zero-order chi connectivity index (χ0) is 24.4. The minimum atomic E-state index is -0.495. The summed E-state index contributed by atoms with van der Waals surface area (Å²) in [5.74, 6) is 0.789. The Morgan fingerprint density at radius 3 is 2.68 bits per heavy atom. The summed E-state index contributed by atoms with van der Waals surface area (Å²) in [6.45, 7) is 3.97. The summed E-state index contributed by atoms with van der Waals surface area (Å²) in [6, 6.07) is 13.0. The van der Waals surface area contributed by atoms with E-state index in [-0.39, 0.29) is 6.54 Å². The van der Waals surface area contributed by atoms with Gasteiger partial charge < -0.3 is 13.7 Å². The monoisotopic (exact) mass is 452 g/mol. The first kappa shape index (κ1) is 22.4. The van der Waals surface area contributed by atoms with Crippen molar-refractivity contribution in [3.63, 3.8) is 0 Å². The minimum absolute atomic E-state index is 0.258. The third-order valence-electron chi connectivity index (χ3n) is 5.51. The average molecular weight is 452 g/mol. The predicted molar refractivity (Wildman–Crippen MR) is 127 cm³/mol. The van der Waals surface area contributed by atoms with Crippen molar-refractivity contribution < 1.29 is 13.7 Å². The number of benzene rings is 2. The summed E-state index contributed by atoms with van der Waals surface area (Å²) in [5, 5.41) is 13.9. The van der Waals surface area contributed by atoms with Gasteiger partial charge in [0.1, 0.15) is 17.0 Å². The highest BCUT2D eigenvalue weighted by Crippen LogP contribution is 2.38. The largest absolute Gasteiger partial charge is 0.496 e. The molecule has 5 aromatic rings. The Kier molecular flexibility index (Phi) is 5.90. The molecule has 2 aromatic carbocycles. The highest BCUT2D eigenvalue weighted by Gasteiger charge is 2.20. The smallest absolute Gasteiger partial charge is 0.420 e. The molecule has 0 amide bonds. The number of pyridine rings is 1. The third kappa shape index (κ3) is 3.68. The molecule has 8 heteroatoms. The molecule has 0 aliphatic rings. The van der Waals surface area contributed by atoms with Gasteiger partial charge in [0, 0.05) is 10.9 Å². The van der Waals surface area contributed by atoms with E-state index >= 15 is 0 Å². The fraction of sp³-hybridized carbons (Fsp3) is 0.154.